The SMILES string of the molecule is O=C([C@@H]1C[C@@H]2[C@@H](CCN2Cc2ccc3c(c2)OCO3)O1)N1CCCC1. The smallest absolute Gasteiger partial charge is 0.251 e. The highest BCUT2D eigenvalue weighted by atomic mass is 16.7. The van der Waals surface area contributed by atoms with Crippen LogP contribution in [0.1, 0.15) is 31.2 Å². The number of hydrogen-bond donors (Lipinski definition) is 0. The van der Waals surface area contributed by atoms with Gasteiger partial charge in [0.25, 0.3) is 5.91 Å². The average Bonchev–Trinajstić information content (AvgIpc) is 3.39. The number of benzene rings is 1. The van der Waals surface area contributed by atoms with Crippen LogP contribution in [0.2, 0.25) is 0 Å². The summed E-state index contributed by atoms with van der Waals surface area (Å²) in [6, 6.07) is 6.50. The number of fused-ring (bicyclic) bond motifs is 2. The number of rotatable bonds is 3. The van der Waals surface area contributed by atoms with Crippen molar-refractivity contribution in [2.24, 2.45) is 0 Å². The second-order valence-electron chi connectivity index (χ2n) is 7.45. The van der Waals surface area contributed by atoms with Crippen molar-refractivity contribution in [3.05, 3.63) is 23.8 Å². The molecule has 0 radical (unpaired) electrons. The molecule has 0 saturated carbocycles. The van der Waals surface area contributed by atoms with Crippen LogP contribution in [0, 0.1) is 0 Å². The lowest BCUT2D eigenvalue weighted by molar-refractivity contribution is -0.141. The molecule has 0 bridgehead atoms. The quantitative estimate of drug-likeness (QED) is 0.836. The number of amides is 1. The maximum Gasteiger partial charge on any atom is 0.251 e. The van der Waals surface area contributed by atoms with E-state index in [1.807, 2.05) is 11.0 Å². The van der Waals surface area contributed by atoms with Gasteiger partial charge in [0.05, 0.1) is 6.10 Å². The van der Waals surface area contributed by atoms with Gasteiger partial charge in [-0.1, -0.05) is 6.07 Å². The van der Waals surface area contributed by atoms with Crippen molar-refractivity contribution in [2.75, 3.05) is 26.4 Å². The molecule has 134 valence electrons. The van der Waals surface area contributed by atoms with Crippen LogP contribution >= 0.6 is 0 Å². The van der Waals surface area contributed by atoms with E-state index in [1.54, 1.807) is 0 Å². The van der Waals surface area contributed by atoms with Crippen molar-refractivity contribution in [3.8, 4) is 11.5 Å². The maximum atomic E-state index is 12.6. The van der Waals surface area contributed by atoms with E-state index >= 15 is 0 Å². The van der Waals surface area contributed by atoms with Crippen LogP contribution in [0.3, 0.4) is 0 Å². The Bertz CT molecular complexity index is 673. The first-order valence-corrected chi connectivity index (χ1v) is 9.35. The molecule has 3 fully saturated rings. The van der Waals surface area contributed by atoms with Gasteiger partial charge in [0.15, 0.2) is 11.5 Å². The third kappa shape index (κ3) is 2.77. The molecule has 25 heavy (non-hydrogen) atoms. The van der Waals surface area contributed by atoms with E-state index in [-0.39, 0.29) is 18.1 Å². The molecule has 3 atom stereocenters. The largest absolute Gasteiger partial charge is 0.454 e. The summed E-state index contributed by atoms with van der Waals surface area (Å²) in [5, 5.41) is 0. The van der Waals surface area contributed by atoms with Crippen molar-refractivity contribution < 1.29 is 19.0 Å². The monoisotopic (exact) mass is 344 g/mol. The topological polar surface area (TPSA) is 51.2 Å². The Kier molecular flexibility index (Phi) is 3.82. The average molecular weight is 344 g/mol. The number of carbonyl (C=O) groups is 1. The Balaban J connectivity index is 1.25. The molecule has 1 amide bonds. The highest BCUT2D eigenvalue weighted by Gasteiger charge is 2.46. The highest BCUT2D eigenvalue weighted by molar-refractivity contribution is 5.81. The molecule has 0 aliphatic carbocycles. The second-order valence-corrected chi connectivity index (χ2v) is 7.45. The lowest BCUT2D eigenvalue weighted by Gasteiger charge is -2.23. The minimum atomic E-state index is -0.243. The maximum absolute atomic E-state index is 12.6. The lowest BCUT2D eigenvalue weighted by Crippen LogP contribution is -2.38. The van der Waals surface area contributed by atoms with E-state index in [0.29, 0.717) is 12.8 Å². The number of likely N-dealkylation sites (tertiary alicyclic amines) is 2. The van der Waals surface area contributed by atoms with Crippen molar-refractivity contribution in [3.63, 3.8) is 0 Å². The zero-order valence-corrected chi connectivity index (χ0v) is 14.4. The Morgan fingerprint density at radius 3 is 2.84 bits per heavy atom. The fraction of sp³-hybridized carbons (Fsp3) is 0.632. The Morgan fingerprint density at radius 2 is 1.96 bits per heavy atom. The zero-order chi connectivity index (χ0) is 16.8. The van der Waals surface area contributed by atoms with Gasteiger partial charge in [-0.2, -0.15) is 0 Å². The summed E-state index contributed by atoms with van der Waals surface area (Å²) in [6.45, 7) is 3.99. The zero-order valence-electron chi connectivity index (χ0n) is 14.4. The van der Waals surface area contributed by atoms with Gasteiger partial charge in [0, 0.05) is 38.6 Å². The molecule has 1 aromatic carbocycles. The third-order valence-corrected chi connectivity index (χ3v) is 5.91. The molecule has 6 nitrogen and oxygen atoms in total. The number of carbonyl (C=O) groups excluding carboxylic acids is 1. The summed E-state index contributed by atoms with van der Waals surface area (Å²) in [5.41, 5.74) is 1.22. The molecule has 0 aromatic heterocycles. The van der Waals surface area contributed by atoms with Crippen LogP contribution in [-0.4, -0.2) is 60.4 Å². The van der Waals surface area contributed by atoms with Crippen LogP contribution in [-0.2, 0) is 16.1 Å². The van der Waals surface area contributed by atoms with Crippen LogP contribution in [0.5, 0.6) is 11.5 Å². The molecular weight excluding hydrogens is 320 g/mol. The van der Waals surface area contributed by atoms with Gasteiger partial charge in [0.2, 0.25) is 6.79 Å². The number of nitrogens with zero attached hydrogens (tertiary/aromatic N) is 2. The van der Waals surface area contributed by atoms with E-state index in [4.69, 9.17) is 14.2 Å². The molecule has 5 rings (SSSR count). The van der Waals surface area contributed by atoms with Crippen LogP contribution < -0.4 is 9.47 Å². The first-order valence-electron chi connectivity index (χ1n) is 9.35. The standard InChI is InChI=1S/C19H24N2O4/c22-19(20-6-1-2-7-20)18-10-14-15(25-18)5-8-21(14)11-13-3-4-16-17(9-13)24-12-23-16/h3-4,9,14-15,18H,1-2,5-8,10-12H2/t14-,15-,18+/m1/s1. The summed E-state index contributed by atoms with van der Waals surface area (Å²) < 4.78 is 17.0. The predicted molar refractivity (Wildman–Crippen MR) is 90.5 cm³/mol. The van der Waals surface area contributed by atoms with Crippen molar-refractivity contribution in [1.82, 2.24) is 9.80 Å². The van der Waals surface area contributed by atoms with Gasteiger partial charge in [-0.3, -0.25) is 9.69 Å². The van der Waals surface area contributed by atoms with Crippen LogP contribution in [0.4, 0.5) is 0 Å². The van der Waals surface area contributed by atoms with Gasteiger partial charge in [-0.15, -0.1) is 0 Å². The number of hydrogen-bond acceptors (Lipinski definition) is 5. The Morgan fingerprint density at radius 1 is 1.12 bits per heavy atom. The minimum absolute atomic E-state index is 0.200. The summed E-state index contributed by atoms with van der Waals surface area (Å²) in [5.74, 6) is 1.86. The molecule has 4 heterocycles. The van der Waals surface area contributed by atoms with Crippen molar-refractivity contribution >= 4 is 5.91 Å². The molecule has 3 saturated heterocycles. The fourth-order valence-corrected chi connectivity index (χ4v) is 4.60. The van der Waals surface area contributed by atoms with E-state index in [9.17, 15) is 4.79 Å². The van der Waals surface area contributed by atoms with Crippen LogP contribution in [0.25, 0.3) is 0 Å². The van der Waals surface area contributed by atoms with Crippen molar-refractivity contribution in [2.45, 2.75) is 50.5 Å². The fourth-order valence-electron chi connectivity index (χ4n) is 4.60. The first-order chi connectivity index (χ1) is 12.3. The van der Waals surface area contributed by atoms with Crippen molar-refractivity contribution in [1.29, 1.82) is 0 Å². The van der Waals surface area contributed by atoms with Crippen LogP contribution in [0.15, 0.2) is 18.2 Å². The molecule has 0 unspecified atom stereocenters. The minimum Gasteiger partial charge on any atom is -0.454 e. The molecule has 0 spiro atoms. The van der Waals surface area contributed by atoms with Gasteiger partial charge < -0.3 is 19.1 Å². The van der Waals surface area contributed by atoms with Gasteiger partial charge >= 0.3 is 0 Å². The van der Waals surface area contributed by atoms with Gasteiger partial charge in [-0.05, 0) is 37.0 Å². The molecular formula is C19H24N2O4. The van der Waals surface area contributed by atoms with E-state index in [2.05, 4.69) is 17.0 Å². The van der Waals surface area contributed by atoms with E-state index in [1.165, 1.54) is 5.56 Å². The van der Waals surface area contributed by atoms with Gasteiger partial charge in [-0.25, -0.2) is 0 Å². The Hall–Kier alpha value is -1.79. The normalized spacial score (nSPS) is 30.9. The summed E-state index contributed by atoms with van der Waals surface area (Å²) in [6.07, 6.45) is 4.05. The van der Waals surface area contributed by atoms with E-state index in [0.717, 1.165) is 63.4 Å². The molecule has 4 aliphatic rings. The summed E-state index contributed by atoms with van der Waals surface area (Å²) in [7, 11) is 0. The summed E-state index contributed by atoms with van der Waals surface area (Å²) in [4.78, 5) is 17.1. The molecule has 6 heteroatoms. The lowest BCUT2D eigenvalue weighted by atomic mass is 10.1. The second kappa shape index (κ2) is 6.18. The molecule has 4 aliphatic heterocycles. The third-order valence-electron chi connectivity index (χ3n) is 5.91. The molecule has 0 N–H and O–H groups in total. The predicted octanol–water partition coefficient (Wildman–Crippen LogP) is 1.77. The molecule has 1 aromatic rings. The Labute approximate surface area is 147 Å². The summed E-state index contributed by atoms with van der Waals surface area (Å²) >= 11 is 0. The first kappa shape index (κ1) is 15.5. The van der Waals surface area contributed by atoms with E-state index < -0.39 is 0 Å². The number of ether oxygens (including phenoxy) is 3. The van der Waals surface area contributed by atoms with Gasteiger partial charge in [0.1, 0.15) is 6.10 Å². The highest BCUT2D eigenvalue weighted by Crippen LogP contribution is 2.37.